The smallest absolute Gasteiger partial charge is 0.186 e. The lowest BCUT2D eigenvalue weighted by molar-refractivity contribution is -0.312. The van der Waals surface area contributed by atoms with E-state index in [1.165, 1.54) is 0 Å². The van der Waals surface area contributed by atoms with Gasteiger partial charge in [0.25, 0.3) is 0 Å². The summed E-state index contributed by atoms with van der Waals surface area (Å²) in [7, 11) is 0. The number of carbonyl (C=O) groups is 1. The van der Waals surface area contributed by atoms with Gasteiger partial charge in [-0.15, -0.1) is 0 Å². The molecule has 0 aromatic heterocycles. The van der Waals surface area contributed by atoms with Crippen molar-refractivity contribution in [2.75, 3.05) is 0 Å². The van der Waals surface area contributed by atoms with Crippen molar-refractivity contribution in [1.29, 1.82) is 0 Å². The zero-order valence-corrected chi connectivity index (χ0v) is 11.1. The quantitative estimate of drug-likeness (QED) is 0.528. The number of nitrogens with zero attached hydrogens (tertiary/aromatic N) is 1. The Bertz CT molecular complexity index is 293. The first-order valence-electron chi connectivity index (χ1n) is 6.84. The third kappa shape index (κ3) is 4.55. The van der Waals surface area contributed by atoms with E-state index in [-0.39, 0.29) is 17.9 Å². The van der Waals surface area contributed by atoms with E-state index >= 15 is 0 Å². The number of carbonyl (C=O) groups excluding carboxylic acids is 1. The van der Waals surface area contributed by atoms with Crippen LogP contribution < -0.4 is 16.6 Å². The highest BCUT2D eigenvalue weighted by molar-refractivity contribution is 5.75. The van der Waals surface area contributed by atoms with Gasteiger partial charge in [-0.1, -0.05) is 19.8 Å². The van der Waals surface area contributed by atoms with E-state index in [9.17, 15) is 9.90 Å². The van der Waals surface area contributed by atoms with E-state index in [4.69, 9.17) is 11.5 Å². The van der Waals surface area contributed by atoms with Crippen molar-refractivity contribution in [2.24, 2.45) is 28.3 Å². The van der Waals surface area contributed by atoms with Crippen LogP contribution in [0.25, 0.3) is 0 Å². The average molecular weight is 254 g/mol. The van der Waals surface area contributed by atoms with E-state index < -0.39 is 5.97 Å². The molecule has 5 heteroatoms. The number of aliphatic carboxylic acids is 1. The van der Waals surface area contributed by atoms with Gasteiger partial charge in [0.2, 0.25) is 0 Å². The van der Waals surface area contributed by atoms with E-state index in [0.717, 1.165) is 32.1 Å². The number of nitrogens with two attached hydrogens (primary N) is 2. The first-order valence-corrected chi connectivity index (χ1v) is 6.84. The van der Waals surface area contributed by atoms with E-state index in [1.807, 2.05) is 0 Å². The minimum absolute atomic E-state index is 0.137. The second-order valence-corrected chi connectivity index (χ2v) is 5.19. The van der Waals surface area contributed by atoms with Crippen LogP contribution >= 0.6 is 0 Å². The first kappa shape index (κ1) is 14.8. The third-order valence-corrected chi connectivity index (χ3v) is 3.82. The molecule has 5 nitrogen and oxygen atoms in total. The zero-order chi connectivity index (χ0) is 13.5. The predicted octanol–water partition coefficient (Wildman–Crippen LogP) is 0.375. The van der Waals surface area contributed by atoms with Crippen LogP contribution in [0.5, 0.6) is 0 Å². The Labute approximate surface area is 109 Å². The van der Waals surface area contributed by atoms with Crippen LogP contribution in [-0.4, -0.2) is 18.0 Å². The van der Waals surface area contributed by atoms with Crippen molar-refractivity contribution < 1.29 is 9.90 Å². The monoisotopic (exact) mass is 254 g/mol. The molecular weight excluding hydrogens is 230 g/mol. The van der Waals surface area contributed by atoms with Crippen LogP contribution in [0.1, 0.15) is 51.9 Å². The van der Waals surface area contributed by atoms with Gasteiger partial charge >= 0.3 is 0 Å². The SMILES string of the molecule is CCCCC(N=C(N)N)C1CCC(C(=O)[O-])CC1. The molecule has 1 fully saturated rings. The van der Waals surface area contributed by atoms with Crippen molar-refractivity contribution >= 4 is 11.9 Å². The molecule has 0 bridgehead atoms. The fourth-order valence-corrected chi connectivity index (χ4v) is 2.75. The van der Waals surface area contributed by atoms with Gasteiger partial charge in [0, 0.05) is 5.97 Å². The molecule has 0 aliphatic heterocycles. The average Bonchev–Trinajstić information content (AvgIpc) is 2.34. The highest BCUT2D eigenvalue weighted by atomic mass is 16.4. The van der Waals surface area contributed by atoms with Gasteiger partial charge in [-0.05, 0) is 43.9 Å². The number of unbranched alkanes of at least 4 members (excludes halogenated alkanes) is 1. The van der Waals surface area contributed by atoms with Crippen LogP contribution in [-0.2, 0) is 4.79 Å². The molecule has 1 unspecified atom stereocenters. The molecule has 0 aromatic carbocycles. The lowest BCUT2D eigenvalue weighted by atomic mass is 9.77. The maximum absolute atomic E-state index is 10.8. The number of carboxylic acid groups (broad SMARTS) is 1. The third-order valence-electron chi connectivity index (χ3n) is 3.82. The standard InChI is InChI=1S/C13H25N3O2/c1-2-3-4-11(16-13(14)15)9-5-7-10(8-6-9)12(17)18/h9-11H,2-8H2,1H3,(H,17,18)(H4,14,15,16)/p-1. The van der Waals surface area contributed by atoms with Crippen LogP contribution in [0.4, 0.5) is 0 Å². The molecule has 1 aliphatic carbocycles. The van der Waals surface area contributed by atoms with Crippen molar-refractivity contribution in [1.82, 2.24) is 0 Å². The van der Waals surface area contributed by atoms with Crippen LogP contribution in [0, 0.1) is 11.8 Å². The summed E-state index contributed by atoms with van der Waals surface area (Å²) in [5.74, 6) is -0.653. The molecule has 0 radical (unpaired) electrons. The number of hydrogen-bond donors (Lipinski definition) is 2. The summed E-state index contributed by atoms with van der Waals surface area (Å²) in [6.45, 7) is 2.14. The Morgan fingerprint density at radius 2 is 1.94 bits per heavy atom. The van der Waals surface area contributed by atoms with Gasteiger partial charge in [-0.3, -0.25) is 4.99 Å². The first-order chi connectivity index (χ1) is 8.54. The van der Waals surface area contributed by atoms with Crippen molar-refractivity contribution in [2.45, 2.75) is 57.9 Å². The summed E-state index contributed by atoms with van der Waals surface area (Å²) < 4.78 is 0. The van der Waals surface area contributed by atoms with E-state index in [2.05, 4.69) is 11.9 Å². The second-order valence-electron chi connectivity index (χ2n) is 5.19. The molecular formula is C13H24N3O2-. The molecule has 0 amide bonds. The largest absolute Gasteiger partial charge is 0.550 e. The topological polar surface area (TPSA) is 105 Å². The molecule has 1 rings (SSSR count). The molecule has 0 saturated heterocycles. The predicted molar refractivity (Wildman–Crippen MR) is 69.6 cm³/mol. The molecule has 0 spiro atoms. The molecule has 1 aliphatic rings. The highest BCUT2D eigenvalue weighted by Crippen LogP contribution is 2.33. The summed E-state index contributed by atoms with van der Waals surface area (Å²) in [4.78, 5) is 15.1. The Balaban J connectivity index is 2.54. The fraction of sp³-hybridized carbons (Fsp3) is 0.846. The minimum Gasteiger partial charge on any atom is -0.550 e. The number of carboxylic acids is 1. The van der Waals surface area contributed by atoms with Crippen molar-refractivity contribution in [3.8, 4) is 0 Å². The number of hydrogen-bond acceptors (Lipinski definition) is 3. The minimum atomic E-state index is -0.916. The van der Waals surface area contributed by atoms with Crippen molar-refractivity contribution in [3.05, 3.63) is 0 Å². The lowest BCUT2D eigenvalue weighted by Gasteiger charge is -2.32. The van der Waals surface area contributed by atoms with Gasteiger partial charge in [0.15, 0.2) is 5.96 Å². The molecule has 0 heterocycles. The zero-order valence-electron chi connectivity index (χ0n) is 11.1. The van der Waals surface area contributed by atoms with Crippen LogP contribution in [0.3, 0.4) is 0 Å². The fourth-order valence-electron chi connectivity index (χ4n) is 2.75. The number of rotatable bonds is 6. The number of aliphatic imine (C=N–C) groups is 1. The van der Waals surface area contributed by atoms with E-state index in [0.29, 0.717) is 18.8 Å². The van der Waals surface area contributed by atoms with Gasteiger partial charge in [-0.2, -0.15) is 0 Å². The maximum Gasteiger partial charge on any atom is 0.186 e. The van der Waals surface area contributed by atoms with Gasteiger partial charge in [0.1, 0.15) is 0 Å². The second kappa shape index (κ2) is 7.24. The molecule has 0 aromatic rings. The van der Waals surface area contributed by atoms with E-state index in [1.54, 1.807) is 0 Å². The highest BCUT2D eigenvalue weighted by Gasteiger charge is 2.27. The molecule has 4 N–H and O–H groups in total. The lowest BCUT2D eigenvalue weighted by Crippen LogP contribution is -2.36. The van der Waals surface area contributed by atoms with Crippen LogP contribution in [0.2, 0.25) is 0 Å². The molecule has 18 heavy (non-hydrogen) atoms. The molecule has 1 saturated carbocycles. The van der Waals surface area contributed by atoms with Gasteiger partial charge in [-0.25, -0.2) is 0 Å². The van der Waals surface area contributed by atoms with Crippen LogP contribution in [0.15, 0.2) is 4.99 Å². The Kier molecular flexibility index (Phi) is 5.95. The molecule has 104 valence electrons. The Morgan fingerprint density at radius 3 is 2.39 bits per heavy atom. The Morgan fingerprint density at radius 1 is 1.33 bits per heavy atom. The normalized spacial score (nSPS) is 25.4. The molecule has 1 atom stereocenters. The summed E-state index contributed by atoms with van der Waals surface area (Å²) >= 11 is 0. The summed E-state index contributed by atoms with van der Waals surface area (Å²) in [6, 6.07) is 0.151. The maximum atomic E-state index is 10.8. The summed E-state index contributed by atoms with van der Waals surface area (Å²) in [5, 5.41) is 10.8. The Hall–Kier alpha value is -1.26. The van der Waals surface area contributed by atoms with Gasteiger partial charge in [0.05, 0.1) is 6.04 Å². The van der Waals surface area contributed by atoms with Crippen molar-refractivity contribution in [3.63, 3.8) is 0 Å². The summed E-state index contributed by atoms with van der Waals surface area (Å²) in [5.41, 5.74) is 10.9. The summed E-state index contributed by atoms with van der Waals surface area (Å²) in [6.07, 6.45) is 6.33. The number of guanidine groups is 1. The van der Waals surface area contributed by atoms with Gasteiger partial charge < -0.3 is 21.4 Å².